The predicted octanol–water partition coefficient (Wildman–Crippen LogP) is 3.34. The normalized spacial score (nSPS) is 10.4. The van der Waals surface area contributed by atoms with Crippen LogP contribution in [0.3, 0.4) is 0 Å². The fourth-order valence-corrected chi connectivity index (χ4v) is 1.94. The van der Waals surface area contributed by atoms with Gasteiger partial charge in [-0.15, -0.1) is 0 Å². The second kappa shape index (κ2) is 5.69. The lowest BCUT2D eigenvalue weighted by atomic mass is 9.98. The molecular formula is C16H18O2. The summed E-state index contributed by atoms with van der Waals surface area (Å²) in [5.74, 6) is 0.790. The van der Waals surface area contributed by atoms with E-state index in [1.165, 1.54) is 22.3 Å². The molecule has 0 radical (unpaired) electrons. The van der Waals surface area contributed by atoms with E-state index < -0.39 is 0 Å². The first kappa shape index (κ1) is 12.7. The highest BCUT2D eigenvalue weighted by Crippen LogP contribution is 2.26. The number of aliphatic hydroxyl groups is 1. The van der Waals surface area contributed by atoms with Crippen molar-refractivity contribution >= 4 is 0 Å². The van der Waals surface area contributed by atoms with Gasteiger partial charge >= 0.3 is 0 Å². The van der Waals surface area contributed by atoms with Gasteiger partial charge in [0, 0.05) is 0 Å². The van der Waals surface area contributed by atoms with Gasteiger partial charge in [0.05, 0.1) is 6.61 Å². The maximum absolute atomic E-state index is 8.70. The van der Waals surface area contributed by atoms with E-state index in [1.54, 1.807) is 0 Å². The van der Waals surface area contributed by atoms with Crippen molar-refractivity contribution in [1.82, 2.24) is 0 Å². The van der Waals surface area contributed by atoms with E-state index in [1.807, 2.05) is 12.1 Å². The van der Waals surface area contributed by atoms with Crippen molar-refractivity contribution in [1.29, 1.82) is 0 Å². The molecule has 2 nitrogen and oxygen atoms in total. The summed E-state index contributed by atoms with van der Waals surface area (Å²) in [5.41, 5.74) is 4.97. The van der Waals surface area contributed by atoms with Crippen LogP contribution in [0, 0.1) is 13.8 Å². The molecule has 0 unspecified atom stereocenters. The molecule has 0 spiro atoms. The zero-order valence-electron chi connectivity index (χ0n) is 10.8. The maximum Gasteiger partial charge on any atom is 0.119 e. The fourth-order valence-electron chi connectivity index (χ4n) is 1.94. The third-order valence-corrected chi connectivity index (χ3v) is 2.92. The summed E-state index contributed by atoms with van der Waals surface area (Å²) in [6, 6.07) is 14.4. The summed E-state index contributed by atoms with van der Waals surface area (Å²) in [6.07, 6.45) is 0. The first-order valence-corrected chi connectivity index (χ1v) is 6.12. The third-order valence-electron chi connectivity index (χ3n) is 2.92. The van der Waals surface area contributed by atoms with Crippen LogP contribution in [0.15, 0.2) is 42.5 Å². The lowest BCUT2D eigenvalue weighted by molar-refractivity contribution is 0.201. The van der Waals surface area contributed by atoms with E-state index in [0.717, 1.165) is 5.75 Å². The molecule has 0 bridgehead atoms. The Balaban J connectivity index is 2.25. The summed E-state index contributed by atoms with van der Waals surface area (Å²) in [6.45, 7) is 4.59. The van der Waals surface area contributed by atoms with Crippen LogP contribution in [0.2, 0.25) is 0 Å². The van der Waals surface area contributed by atoms with Crippen LogP contribution >= 0.6 is 0 Å². The Morgan fingerprint density at radius 3 is 2.39 bits per heavy atom. The van der Waals surface area contributed by atoms with Crippen molar-refractivity contribution in [2.45, 2.75) is 13.8 Å². The molecular weight excluding hydrogens is 224 g/mol. The molecule has 94 valence electrons. The standard InChI is InChI=1S/C16H18O2/c1-12-3-4-13(2)16(11-12)14-5-7-15(8-6-14)18-10-9-17/h3-8,11,17H,9-10H2,1-2H3. The highest BCUT2D eigenvalue weighted by atomic mass is 16.5. The molecule has 18 heavy (non-hydrogen) atoms. The highest BCUT2D eigenvalue weighted by molar-refractivity contribution is 5.68. The van der Waals surface area contributed by atoms with Gasteiger partial charge in [-0.05, 0) is 42.7 Å². The Morgan fingerprint density at radius 1 is 1.00 bits per heavy atom. The number of hydrogen-bond acceptors (Lipinski definition) is 2. The zero-order valence-corrected chi connectivity index (χ0v) is 10.8. The largest absolute Gasteiger partial charge is 0.491 e. The van der Waals surface area contributed by atoms with Gasteiger partial charge in [-0.3, -0.25) is 0 Å². The molecule has 2 aromatic rings. The molecule has 2 heteroatoms. The number of aryl methyl sites for hydroxylation is 2. The zero-order chi connectivity index (χ0) is 13.0. The van der Waals surface area contributed by atoms with Gasteiger partial charge in [0.2, 0.25) is 0 Å². The Kier molecular flexibility index (Phi) is 4.00. The van der Waals surface area contributed by atoms with E-state index >= 15 is 0 Å². The third kappa shape index (κ3) is 2.90. The van der Waals surface area contributed by atoms with Crippen LogP contribution in [-0.2, 0) is 0 Å². The van der Waals surface area contributed by atoms with Crippen LogP contribution in [0.1, 0.15) is 11.1 Å². The summed E-state index contributed by atoms with van der Waals surface area (Å²) in [4.78, 5) is 0. The average Bonchev–Trinajstić information content (AvgIpc) is 2.40. The predicted molar refractivity (Wildman–Crippen MR) is 73.9 cm³/mol. The summed E-state index contributed by atoms with van der Waals surface area (Å²) < 4.78 is 5.35. The Bertz CT molecular complexity index is 515. The van der Waals surface area contributed by atoms with E-state index in [2.05, 4.69) is 44.2 Å². The van der Waals surface area contributed by atoms with Gasteiger partial charge in [-0.2, -0.15) is 0 Å². The molecule has 0 aliphatic heterocycles. The lowest BCUT2D eigenvalue weighted by Gasteiger charge is -2.09. The summed E-state index contributed by atoms with van der Waals surface area (Å²) >= 11 is 0. The van der Waals surface area contributed by atoms with Gasteiger partial charge in [0.15, 0.2) is 0 Å². The van der Waals surface area contributed by atoms with Crippen molar-refractivity contribution in [2.75, 3.05) is 13.2 Å². The number of aliphatic hydroxyl groups excluding tert-OH is 1. The second-order valence-electron chi connectivity index (χ2n) is 4.41. The van der Waals surface area contributed by atoms with Crippen LogP contribution in [-0.4, -0.2) is 18.3 Å². The molecule has 0 amide bonds. The monoisotopic (exact) mass is 242 g/mol. The van der Waals surface area contributed by atoms with Crippen molar-refractivity contribution < 1.29 is 9.84 Å². The van der Waals surface area contributed by atoms with Gasteiger partial charge in [0.1, 0.15) is 12.4 Å². The lowest BCUT2D eigenvalue weighted by Crippen LogP contribution is -2.01. The average molecular weight is 242 g/mol. The van der Waals surface area contributed by atoms with Gasteiger partial charge in [-0.25, -0.2) is 0 Å². The topological polar surface area (TPSA) is 29.5 Å². The van der Waals surface area contributed by atoms with Crippen LogP contribution < -0.4 is 4.74 Å². The first-order valence-electron chi connectivity index (χ1n) is 6.12. The minimum atomic E-state index is 0.0404. The highest BCUT2D eigenvalue weighted by Gasteiger charge is 2.02. The van der Waals surface area contributed by atoms with E-state index in [4.69, 9.17) is 9.84 Å². The Morgan fingerprint density at radius 2 is 1.72 bits per heavy atom. The molecule has 0 atom stereocenters. The molecule has 0 heterocycles. The Labute approximate surface area is 108 Å². The van der Waals surface area contributed by atoms with Crippen LogP contribution in [0.4, 0.5) is 0 Å². The van der Waals surface area contributed by atoms with Crippen molar-refractivity contribution in [3.05, 3.63) is 53.6 Å². The molecule has 2 aromatic carbocycles. The van der Waals surface area contributed by atoms with Crippen LogP contribution in [0.5, 0.6) is 5.75 Å². The van der Waals surface area contributed by atoms with Gasteiger partial charge < -0.3 is 9.84 Å². The number of benzene rings is 2. The minimum absolute atomic E-state index is 0.0404. The van der Waals surface area contributed by atoms with E-state index in [0.29, 0.717) is 6.61 Å². The smallest absolute Gasteiger partial charge is 0.119 e. The number of hydrogen-bond donors (Lipinski definition) is 1. The van der Waals surface area contributed by atoms with Gasteiger partial charge in [0.25, 0.3) is 0 Å². The van der Waals surface area contributed by atoms with Gasteiger partial charge in [-0.1, -0.05) is 35.9 Å². The molecule has 0 aromatic heterocycles. The molecule has 0 saturated heterocycles. The molecule has 0 aliphatic rings. The summed E-state index contributed by atoms with van der Waals surface area (Å²) in [7, 11) is 0. The molecule has 0 fully saturated rings. The molecule has 1 N–H and O–H groups in total. The molecule has 0 saturated carbocycles. The van der Waals surface area contributed by atoms with Crippen LogP contribution in [0.25, 0.3) is 11.1 Å². The molecule has 2 rings (SSSR count). The maximum atomic E-state index is 8.70. The number of ether oxygens (including phenoxy) is 1. The van der Waals surface area contributed by atoms with E-state index in [9.17, 15) is 0 Å². The Hall–Kier alpha value is -1.80. The van der Waals surface area contributed by atoms with Crippen molar-refractivity contribution in [2.24, 2.45) is 0 Å². The quantitative estimate of drug-likeness (QED) is 0.891. The summed E-state index contributed by atoms with van der Waals surface area (Å²) in [5, 5.41) is 8.70. The molecule has 0 aliphatic carbocycles. The second-order valence-corrected chi connectivity index (χ2v) is 4.41. The van der Waals surface area contributed by atoms with E-state index in [-0.39, 0.29) is 6.61 Å². The minimum Gasteiger partial charge on any atom is -0.491 e. The SMILES string of the molecule is Cc1ccc(C)c(-c2ccc(OCCO)cc2)c1. The fraction of sp³-hybridized carbons (Fsp3) is 0.250. The van der Waals surface area contributed by atoms with Crippen molar-refractivity contribution in [3.8, 4) is 16.9 Å². The number of rotatable bonds is 4. The first-order chi connectivity index (χ1) is 8.70. The van der Waals surface area contributed by atoms with Crippen molar-refractivity contribution in [3.63, 3.8) is 0 Å².